The van der Waals surface area contributed by atoms with E-state index in [2.05, 4.69) is 4.72 Å². The van der Waals surface area contributed by atoms with E-state index in [1.807, 2.05) is 51.1 Å². The molecule has 0 unspecified atom stereocenters. The van der Waals surface area contributed by atoms with Crippen molar-refractivity contribution in [3.63, 3.8) is 0 Å². The molecule has 0 heterocycles. The molecule has 0 spiro atoms. The van der Waals surface area contributed by atoms with Crippen LogP contribution < -0.4 is 4.72 Å². The Morgan fingerprint density at radius 1 is 0.944 bits per heavy atom. The molecule has 2 aromatic carbocycles. The molecule has 18 heavy (non-hydrogen) atoms. The van der Waals surface area contributed by atoms with Gasteiger partial charge < -0.3 is 0 Å². The van der Waals surface area contributed by atoms with Gasteiger partial charge in [-0.3, -0.25) is 0 Å². The molecule has 0 saturated carbocycles. The molecule has 3 nitrogen and oxygen atoms in total. The molecule has 2 aromatic rings. The highest BCUT2D eigenvalue weighted by molar-refractivity contribution is 7.89. The first kappa shape index (κ1) is 13.1. The van der Waals surface area contributed by atoms with E-state index in [4.69, 9.17) is 0 Å². The second-order valence-corrected chi connectivity index (χ2v) is 7.05. The molecule has 0 aromatic heterocycles. The van der Waals surface area contributed by atoms with Gasteiger partial charge in [0.25, 0.3) is 0 Å². The first-order valence-corrected chi connectivity index (χ1v) is 7.29. The minimum Gasteiger partial charge on any atom is -0.207 e. The van der Waals surface area contributed by atoms with E-state index in [0.717, 1.165) is 10.8 Å². The highest BCUT2D eigenvalue weighted by Crippen LogP contribution is 2.19. The van der Waals surface area contributed by atoms with Crippen molar-refractivity contribution >= 4 is 20.8 Å². The lowest BCUT2D eigenvalue weighted by Gasteiger charge is -2.20. The van der Waals surface area contributed by atoms with Crippen LogP contribution in [0.5, 0.6) is 0 Å². The maximum atomic E-state index is 12.2. The smallest absolute Gasteiger partial charge is 0.207 e. The van der Waals surface area contributed by atoms with Crippen LogP contribution in [0.4, 0.5) is 0 Å². The Labute approximate surface area is 108 Å². The maximum absolute atomic E-state index is 12.2. The van der Waals surface area contributed by atoms with Crippen LogP contribution in [0.2, 0.25) is 0 Å². The van der Waals surface area contributed by atoms with Crippen molar-refractivity contribution in [3.05, 3.63) is 42.5 Å². The van der Waals surface area contributed by atoms with Crippen LogP contribution in [-0.4, -0.2) is 14.0 Å². The molecule has 96 valence electrons. The topological polar surface area (TPSA) is 46.2 Å². The van der Waals surface area contributed by atoms with Crippen molar-refractivity contribution < 1.29 is 8.42 Å². The van der Waals surface area contributed by atoms with Gasteiger partial charge in [0.1, 0.15) is 0 Å². The van der Waals surface area contributed by atoms with Crippen molar-refractivity contribution in [2.75, 3.05) is 0 Å². The van der Waals surface area contributed by atoms with Crippen molar-refractivity contribution in [1.29, 1.82) is 0 Å². The van der Waals surface area contributed by atoms with Crippen LogP contribution in [0.1, 0.15) is 20.8 Å². The van der Waals surface area contributed by atoms with E-state index < -0.39 is 15.6 Å². The molecule has 0 bridgehead atoms. The summed E-state index contributed by atoms with van der Waals surface area (Å²) in [5, 5.41) is 1.96. The zero-order valence-electron chi connectivity index (χ0n) is 10.8. The van der Waals surface area contributed by atoms with Crippen LogP contribution in [0.3, 0.4) is 0 Å². The van der Waals surface area contributed by atoms with Gasteiger partial charge in [-0.1, -0.05) is 30.3 Å². The van der Waals surface area contributed by atoms with Crippen LogP contribution in [-0.2, 0) is 10.0 Å². The lowest BCUT2D eigenvalue weighted by Crippen LogP contribution is -2.40. The molecule has 0 amide bonds. The van der Waals surface area contributed by atoms with E-state index in [0.29, 0.717) is 4.90 Å². The van der Waals surface area contributed by atoms with Crippen LogP contribution >= 0.6 is 0 Å². The summed E-state index contributed by atoms with van der Waals surface area (Å²) in [6.45, 7) is 5.47. The fourth-order valence-corrected chi connectivity index (χ4v) is 3.25. The number of rotatable bonds is 2. The predicted molar refractivity (Wildman–Crippen MR) is 74.0 cm³/mol. The third-order valence-electron chi connectivity index (χ3n) is 2.47. The first-order valence-electron chi connectivity index (χ1n) is 5.81. The van der Waals surface area contributed by atoms with Crippen molar-refractivity contribution in [2.45, 2.75) is 31.2 Å². The van der Waals surface area contributed by atoms with Gasteiger partial charge in [-0.05, 0) is 43.7 Å². The largest absolute Gasteiger partial charge is 0.241 e. The number of fused-ring (bicyclic) bond motifs is 1. The van der Waals surface area contributed by atoms with Gasteiger partial charge >= 0.3 is 0 Å². The quantitative estimate of drug-likeness (QED) is 0.905. The molecule has 0 aliphatic carbocycles. The van der Waals surface area contributed by atoms with Crippen molar-refractivity contribution in [2.24, 2.45) is 0 Å². The van der Waals surface area contributed by atoms with E-state index in [9.17, 15) is 8.42 Å². The second kappa shape index (κ2) is 4.37. The Morgan fingerprint density at radius 3 is 2.17 bits per heavy atom. The monoisotopic (exact) mass is 263 g/mol. The average molecular weight is 263 g/mol. The third-order valence-corrected chi connectivity index (χ3v) is 4.23. The summed E-state index contributed by atoms with van der Waals surface area (Å²) in [6, 6.07) is 12.9. The van der Waals surface area contributed by atoms with Crippen molar-refractivity contribution in [3.8, 4) is 0 Å². The summed E-state index contributed by atoms with van der Waals surface area (Å²) in [5.74, 6) is 0. The summed E-state index contributed by atoms with van der Waals surface area (Å²) in [7, 11) is -3.46. The Balaban J connectivity index is 2.48. The van der Waals surface area contributed by atoms with Gasteiger partial charge in [0.2, 0.25) is 10.0 Å². The van der Waals surface area contributed by atoms with E-state index >= 15 is 0 Å². The molecular formula is C14H17NO2S. The van der Waals surface area contributed by atoms with E-state index in [-0.39, 0.29) is 0 Å². The lowest BCUT2D eigenvalue weighted by molar-refractivity contribution is 0.491. The predicted octanol–water partition coefficient (Wildman–Crippen LogP) is 2.92. The van der Waals surface area contributed by atoms with Gasteiger partial charge in [-0.25, -0.2) is 13.1 Å². The number of sulfonamides is 1. The Morgan fingerprint density at radius 2 is 1.56 bits per heavy atom. The number of benzene rings is 2. The molecule has 0 fully saturated rings. The number of hydrogen-bond acceptors (Lipinski definition) is 2. The number of nitrogens with one attached hydrogen (secondary N) is 1. The molecular weight excluding hydrogens is 246 g/mol. The SMILES string of the molecule is CC(C)(C)NS(=O)(=O)c1ccc2ccccc2c1. The van der Waals surface area contributed by atoms with Gasteiger partial charge in [-0.15, -0.1) is 0 Å². The zero-order valence-corrected chi connectivity index (χ0v) is 11.6. The molecule has 0 radical (unpaired) electrons. The normalized spacial score (nSPS) is 12.8. The average Bonchev–Trinajstić information content (AvgIpc) is 2.25. The van der Waals surface area contributed by atoms with Crippen LogP contribution in [0.25, 0.3) is 10.8 Å². The Hall–Kier alpha value is -1.39. The second-order valence-electron chi connectivity index (χ2n) is 5.36. The van der Waals surface area contributed by atoms with Gasteiger partial charge in [0.15, 0.2) is 0 Å². The standard InChI is InChI=1S/C14H17NO2S/c1-14(2,3)15-18(16,17)13-9-8-11-6-4-5-7-12(11)10-13/h4-10,15H,1-3H3. The first-order chi connectivity index (χ1) is 8.28. The molecule has 0 atom stereocenters. The fourth-order valence-electron chi connectivity index (χ4n) is 1.80. The summed E-state index contributed by atoms with van der Waals surface area (Å²) >= 11 is 0. The van der Waals surface area contributed by atoms with Crippen LogP contribution in [0.15, 0.2) is 47.4 Å². The summed E-state index contributed by atoms with van der Waals surface area (Å²) in [4.78, 5) is 0.302. The fraction of sp³-hybridized carbons (Fsp3) is 0.286. The minimum absolute atomic E-state index is 0.302. The highest BCUT2D eigenvalue weighted by Gasteiger charge is 2.21. The lowest BCUT2D eigenvalue weighted by atomic mass is 10.1. The number of hydrogen-bond donors (Lipinski definition) is 1. The third kappa shape index (κ3) is 2.89. The molecule has 4 heteroatoms. The van der Waals surface area contributed by atoms with E-state index in [1.54, 1.807) is 12.1 Å². The van der Waals surface area contributed by atoms with Crippen LogP contribution in [0, 0.1) is 0 Å². The highest BCUT2D eigenvalue weighted by atomic mass is 32.2. The molecule has 0 aliphatic rings. The molecule has 0 aliphatic heterocycles. The van der Waals surface area contributed by atoms with Gasteiger partial charge in [0, 0.05) is 5.54 Å². The molecule has 2 rings (SSSR count). The Kier molecular flexibility index (Phi) is 3.17. The summed E-state index contributed by atoms with van der Waals surface area (Å²) in [6.07, 6.45) is 0. The zero-order chi connectivity index (χ0) is 13.4. The molecule has 1 N–H and O–H groups in total. The molecule has 0 saturated heterocycles. The summed E-state index contributed by atoms with van der Waals surface area (Å²) < 4.78 is 27.0. The van der Waals surface area contributed by atoms with Gasteiger partial charge in [0.05, 0.1) is 4.90 Å². The van der Waals surface area contributed by atoms with E-state index in [1.165, 1.54) is 0 Å². The Bertz CT molecular complexity index is 669. The maximum Gasteiger partial charge on any atom is 0.241 e. The van der Waals surface area contributed by atoms with Crippen molar-refractivity contribution in [1.82, 2.24) is 4.72 Å². The minimum atomic E-state index is -3.46. The van der Waals surface area contributed by atoms with Gasteiger partial charge in [-0.2, -0.15) is 0 Å². The summed E-state index contributed by atoms with van der Waals surface area (Å²) in [5.41, 5.74) is -0.482.